The van der Waals surface area contributed by atoms with E-state index in [0.717, 1.165) is 6.42 Å². The number of fused-ring (bicyclic) bond motifs is 1. The first-order chi connectivity index (χ1) is 9.94. The third-order valence-electron chi connectivity index (χ3n) is 5.00. The van der Waals surface area contributed by atoms with Gasteiger partial charge in [0.2, 0.25) is 0 Å². The van der Waals surface area contributed by atoms with Crippen LogP contribution >= 0.6 is 0 Å². The number of nitrogens with zero attached hydrogens (tertiary/aromatic N) is 1. The summed E-state index contributed by atoms with van der Waals surface area (Å²) in [6.07, 6.45) is 10.5. The molecule has 1 aliphatic rings. The fourth-order valence-corrected chi connectivity index (χ4v) is 3.87. The predicted molar refractivity (Wildman–Crippen MR) is 91.6 cm³/mol. The van der Waals surface area contributed by atoms with Gasteiger partial charge in [-0.25, -0.2) is 0 Å². The summed E-state index contributed by atoms with van der Waals surface area (Å²) in [6, 6.07) is 2.57. The van der Waals surface area contributed by atoms with Gasteiger partial charge >= 0.3 is 0 Å². The van der Waals surface area contributed by atoms with Gasteiger partial charge < -0.3 is 10.3 Å². The van der Waals surface area contributed by atoms with Crippen molar-refractivity contribution in [2.45, 2.75) is 91.6 Å². The standard InChI is InChI=1S/C19H34N2/c1-5-6-7-8-9-10-11-21-15(2)12-16-17(20)13-19(3,4)14-18(16)21/h12,17H,5-11,13-14,20H2,1-4H3. The molecule has 1 heterocycles. The van der Waals surface area contributed by atoms with Crippen LogP contribution in [0.3, 0.4) is 0 Å². The van der Waals surface area contributed by atoms with Crippen LogP contribution in [-0.2, 0) is 13.0 Å². The van der Waals surface area contributed by atoms with Gasteiger partial charge in [-0.05, 0) is 43.2 Å². The zero-order valence-electron chi connectivity index (χ0n) is 14.5. The average Bonchev–Trinajstić information content (AvgIpc) is 2.69. The molecule has 0 aromatic carbocycles. The van der Waals surface area contributed by atoms with Crippen molar-refractivity contribution in [3.05, 3.63) is 23.0 Å². The summed E-state index contributed by atoms with van der Waals surface area (Å²) < 4.78 is 2.55. The maximum Gasteiger partial charge on any atom is 0.0318 e. The molecule has 1 atom stereocenters. The van der Waals surface area contributed by atoms with E-state index in [4.69, 9.17) is 5.73 Å². The molecule has 1 unspecified atom stereocenters. The first-order valence-corrected chi connectivity index (χ1v) is 8.89. The molecular formula is C19H34N2. The van der Waals surface area contributed by atoms with Crippen molar-refractivity contribution in [2.24, 2.45) is 11.1 Å². The third-order valence-corrected chi connectivity index (χ3v) is 5.00. The zero-order chi connectivity index (χ0) is 15.5. The summed E-state index contributed by atoms with van der Waals surface area (Å²) in [5, 5.41) is 0. The van der Waals surface area contributed by atoms with Crippen molar-refractivity contribution in [1.82, 2.24) is 4.57 Å². The Kier molecular flexibility index (Phi) is 5.54. The zero-order valence-corrected chi connectivity index (χ0v) is 14.5. The van der Waals surface area contributed by atoms with Gasteiger partial charge in [-0.1, -0.05) is 52.9 Å². The van der Waals surface area contributed by atoms with Crippen LogP contribution < -0.4 is 5.73 Å². The molecule has 0 saturated carbocycles. The molecule has 0 fully saturated rings. The molecule has 120 valence electrons. The van der Waals surface area contributed by atoms with Crippen LogP contribution in [0.1, 0.15) is 88.7 Å². The number of aromatic nitrogens is 1. The number of nitrogens with two attached hydrogens (primary N) is 1. The Morgan fingerprint density at radius 1 is 1.19 bits per heavy atom. The van der Waals surface area contributed by atoms with Crippen LogP contribution in [0.2, 0.25) is 0 Å². The molecule has 0 aliphatic heterocycles. The predicted octanol–water partition coefficient (Wildman–Crippen LogP) is 5.13. The van der Waals surface area contributed by atoms with Crippen LogP contribution in [0.25, 0.3) is 0 Å². The maximum absolute atomic E-state index is 6.40. The molecule has 1 aliphatic carbocycles. The molecule has 1 aromatic heterocycles. The van der Waals surface area contributed by atoms with Crippen LogP contribution in [0, 0.1) is 12.3 Å². The largest absolute Gasteiger partial charge is 0.349 e. The van der Waals surface area contributed by atoms with E-state index < -0.39 is 0 Å². The van der Waals surface area contributed by atoms with Gasteiger partial charge in [-0.15, -0.1) is 0 Å². The molecule has 2 rings (SSSR count). The number of hydrogen-bond donors (Lipinski definition) is 1. The summed E-state index contributed by atoms with van der Waals surface area (Å²) in [6.45, 7) is 10.4. The van der Waals surface area contributed by atoms with Crippen molar-refractivity contribution < 1.29 is 0 Å². The van der Waals surface area contributed by atoms with Gasteiger partial charge in [0.05, 0.1) is 0 Å². The summed E-state index contributed by atoms with van der Waals surface area (Å²) in [5.74, 6) is 0. The number of hydrogen-bond acceptors (Lipinski definition) is 1. The maximum atomic E-state index is 6.40. The smallest absolute Gasteiger partial charge is 0.0318 e. The molecule has 2 nitrogen and oxygen atoms in total. The highest BCUT2D eigenvalue weighted by molar-refractivity contribution is 5.34. The number of rotatable bonds is 7. The normalized spacial score (nSPS) is 20.5. The SMILES string of the molecule is CCCCCCCCn1c(C)cc2c1CC(C)(C)CC2N. The average molecular weight is 290 g/mol. The molecule has 0 amide bonds. The van der Waals surface area contributed by atoms with Gasteiger partial charge in [-0.3, -0.25) is 0 Å². The highest BCUT2D eigenvalue weighted by Crippen LogP contribution is 2.40. The Labute approximate surface area is 131 Å². The molecule has 0 saturated heterocycles. The Hall–Kier alpha value is -0.760. The highest BCUT2D eigenvalue weighted by Gasteiger charge is 2.33. The van der Waals surface area contributed by atoms with E-state index in [2.05, 4.69) is 38.3 Å². The molecule has 0 spiro atoms. The van der Waals surface area contributed by atoms with E-state index in [1.165, 1.54) is 68.4 Å². The lowest BCUT2D eigenvalue weighted by atomic mass is 9.74. The van der Waals surface area contributed by atoms with Gasteiger partial charge in [0.15, 0.2) is 0 Å². The number of aryl methyl sites for hydroxylation is 1. The molecule has 1 aromatic rings. The lowest BCUT2D eigenvalue weighted by Gasteiger charge is -2.34. The quantitative estimate of drug-likeness (QED) is 0.693. The summed E-state index contributed by atoms with van der Waals surface area (Å²) >= 11 is 0. The van der Waals surface area contributed by atoms with E-state index in [9.17, 15) is 0 Å². The van der Waals surface area contributed by atoms with Crippen molar-refractivity contribution >= 4 is 0 Å². The van der Waals surface area contributed by atoms with E-state index in [1.807, 2.05) is 0 Å². The minimum Gasteiger partial charge on any atom is -0.349 e. The van der Waals surface area contributed by atoms with E-state index in [-0.39, 0.29) is 6.04 Å². The van der Waals surface area contributed by atoms with Crippen molar-refractivity contribution in [1.29, 1.82) is 0 Å². The molecule has 21 heavy (non-hydrogen) atoms. The summed E-state index contributed by atoms with van der Waals surface area (Å²) in [5.41, 5.74) is 11.1. The molecule has 2 heteroatoms. The topological polar surface area (TPSA) is 30.9 Å². The Balaban J connectivity index is 1.98. The monoisotopic (exact) mass is 290 g/mol. The minimum absolute atomic E-state index is 0.230. The van der Waals surface area contributed by atoms with Crippen LogP contribution in [-0.4, -0.2) is 4.57 Å². The fourth-order valence-electron chi connectivity index (χ4n) is 3.87. The fraction of sp³-hybridized carbons (Fsp3) is 0.789. The van der Waals surface area contributed by atoms with Crippen LogP contribution in [0.15, 0.2) is 6.07 Å². The van der Waals surface area contributed by atoms with E-state index in [0.29, 0.717) is 5.41 Å². The Morgan fingerprint density at radius 2 is 1.86 bits per heavy atom. The van der Waals surface area contributed by atoms with Gasteiger partial charge in [0, 0.05) is 24.0 Å². The Bertz CT molecular complexity index is 456. The van der Waals surface area contributed by atoms with Gasteiger partial charge in [-0.2, -0.15) is 0 Å². The second-order valence-corrected chi connectivity index (χ2v) is 7.76. The third kappa shape index (κ3) is 4.12. The first kappa shape index (κ1) is 16.6. The molecule has 2 N–H and O–H groups in total. The number of unbranched alkanes of at least 4 members (excludes halogenated alkanes) is 5. The van der Waals surface area contributed by atoms with Gasteiger partial charge in [0.25, 0.3) is 0 Å². The molecule has 0 bridgehead atoms. The minimum atomic E-state index is 0.230. The second kappa shape index (κ2) is 7.00. The van der Waals surface area contributed by atoms with E-state index in [1.54, 1.807) is 0 Å². The summed E-state index contributed by atoms with van der Waals surface area (Å²) in [4.78, 5) is 0. The lowest BCUT2D eigenvalue weighted by Crippen LogP contribution is -2.30. The van der Waals surface area contributed by atoms with Crippen LogP contribution in [0.4, 0.5) is 0 Å². The van der Waals surface area contributed by atoms with Gasteiger partial charge in [0.1, 0.15) is 0 Å². The first-order valence-electron chi connectivity index (χ1n) is 8.89. The van der Waals surface area contributed by atoms with Crippen molar-refractivity contribution in [3.8, 4) is 0 Å². The van der Waals surface area contributed by atoms with Crippen LogP contribution in [0.5, 0.6) is 0 Å². The molecule has 0 radical (unpaired) electrons. The van der Waals surface area contributed by atoms with E-state index >= 15 is 0 Å². The second-order valence-electron chi connectivity index (χ2n) is 7.76. The Morgan fingerprint density at radius 3 is 2.57 bits per heavy atom. The molecular weight excluding hydrogens is 256 g/mol. The van der Waals surface area contributed by atoms with Crippen molar-refractivity contribution in [2.75, 3.05) is 0 Å². The summed E-state index contributed by atoms with van der Waals surface area (Å²) in [7, 11) is 0. The van der Waals surface area contributed by atoms with Crippen molar-refractivity contribution in [3.63, 3.8) is 0 Å². The highest BCUT2D eigenvalue weighted by atomic mass is 15.0. The lowest BCUT2D eigenvalue weighted by molar-refractivity contribution is 0.274.